The predicted octanol–water partition coefficient (Wildman–Crippen LogP) is 0.992. The minimum Gasteiger partial charge on any atom is -0.486 e. The molecule has 3 aromatic rings. The summed E-state index contributed by atoms with van der Waals surface area (Å²) >= 11 is 0. The molecule has 0 saturated carbocycles. The van der Waals surface area contributed by atoms with E-state index in [9.17, 15) is 9.59 Å². The minimum absolute atomic E-state index is 0.151. The van der Waals surface area contributed by atoms with Crippen LogP contribution in [-0.2, 0) is 6.54 Å². The molecule has 0 bridgehead atoms. The number of hydrogen-bond donors (Lipinski definition) is 3. The molecule has 1 aliphatic rings. The van der Waals surface area contributed by atoms with E-state index in [-0.39, 0.29) is 11.8 Å². The summed E-state index contributed by atoms with van der Waals surface area (Å²) in [7, 11) is 0. The fourth-order valence-electron chi connectivity index (χ4n) is 2.54. The molecular weight excluding hydrogens is 326 g/mol. The van der Waals surface area contributed by atoms with Crippen LogP contribution in [-0.4, -0.2) is 38.4 Å². The van der Waals surface area contributed by atoms with Gasteiger partial charge in [-0.25, -0.2) is 4.79 Å². The van der Waals surface area contributed by atoms with Crippen LogP contribution >= 0.6 is 0 Å². The topological polar surface area (TPSA) is 114 Å². The fraction of sp³-hybridized carbons (Fsp3) is 0.188. The number of aromatic amines is 2. The Labute approximate surface area is 141 Å². The molecule has 1 amide bonds. The molecule has 4 rings (SSSR count). The van der Waals surface area contributed by atoms with Crippen molar-refractivity contribution in [1.82, 2.24) is 19.7 Å². The number of carbonyl (C=O) groups is 1. The summed E-state index contributed by atoms with van der Waals surface area (Å²) in [6.07, 6.45) is 4.35. The number of nitrogens with zero attached hydrogens (tertiary/aromatic N) is 2. The van der Waals surface area contributed by atoms with E-state index in [0.29, 0.717) is 24.6 Å². The van der Waals surface area contributed by atoms with Crippen LogP contribution in [0, 0.1) is 0 Å². The van der Waals surface area contributed by atoms with Crippen LogP contribution in [0.15, 0.2) is 47.7 Å². The molecular formula is C16H15N5O4. The molecule has 128 valence electrons. The zero-order valence-electron chi connectivity index (χ0n) is 13.1. The van der Waals surface area contributed by atoms with E-state index < -0.39 is 11.6 Å². The molecule has 0 radical (unpaired) electrons. The largest absolute Gasteiger partial charge is 0.486 e. The van der Waals surface area contributed by atoms with Gasteiger partial charge in [0.05, 0.1) is 18.4 Å². The highest BCUT2D eigenvalue weighted by atomic mass is 16.6. The number of fused-ring (bicyclic) bond motifs is 1. The molecule has 1 aliphatic heterocycles. The fourth-order valence-corrected chi connectivity index (χ4v) is 2.54. The number of para-hydroxylation sites is 2. The van der Waals surface area contributed by atoms with Crippen LogP contribution in [0.5, 0.6) is 11.5 Å². The van der Waals surface area contributed by atoms with Gasteiger partial charge in [-0.1, -0.05) is 12.1 Å². The Kier molecular flexibility index (Phi) is 3.73. The Bertz CT molecular complexity index is 957. The van der Waals surface area contributed by atoms with Crippen LogP contribution in [0.3, 0.4) is 0 Å². The third kappa shape index (κ3) is 3.25. The molecule has 0 aliphatic carbocycles. The molecule has 2 aromatic heterocycles. The van der Waals surface area contributed by atoms with Crippen molar-refractivity contribution in [1.29, 1.82) is 0 Å². The lowest BCUT2D eigenvalue weighted by molar-refractivity contribution is 0.0759. The summed E-state index contributed by atoms with van der Waals surface area (Å²) in [5.74, 6) is 1.01. The Morgan fingerprint density at radius 2 is 2.20 bits per heavy atom. The van der Waals surface area contributed by atoms with E-state index >= 15 is 0 Å². The Morgan fingerprint density at radius 1 is 1.36 bits per heavy atom. The van der Waals surface area contributed by atoms with Gasteiger partial charge in [0.2, 0.25) is 0 Å². The average molecular weight is 341 g/mol. The zero-order valence-corrected chi connectivity index (χ0v) is 13.1. The third-order valence-electron chi connectivity index (χ3n) is 3.69. The maximum Gasteiger partial charge on any atom is 0.323 e. The first-order chi connectivity index (χ1) is 12.2. The second kappa shape index (κ2) is 6.19. The van der Waals surface area contributed by atoms with Crippen molar-refractivity contribution in [3.05, 3.63) is 59.0 Å². The predicted molar refractivity (Wildman–Crippen MR) is 87.9 cm³/mol. The van der Waals surface area contributed by atoms with E-state index in [1.54, 1.807) is 10.9 Å². The van der Waals surface area contributed by atoms with Crippen molar-refractivity contribution in [3.63, 3.8) is 0 Å². The Morgan fingerprint density at radius 3 is 3.00 bits per heavy atom. The summed E-state index contributed by atoms with van der Waals surface area (Å²) in [4.78, 5) is 27.8. The average Bonchev–Trinajstić information content (AvgIpc) is 3.24. The summed E-state index contributed by atoms with van der Waals surface area (Å²) in [5, 5.41) is 6.87. The van der Waals surface area contributed by atoms with Crippen molar-refractivity contribution in [2.45, 2.75) is 12.6 Å². The highest BCUT2D eigenvalue weighted by Gasteiger charge is 2.21. The molecule has 1 aromatic carbocycles. The second-order valence-electron chi connectivity index (χ2n) is 5.56. The van der Waals surface area contributed by atoms with Gasteiger partial charge in [-0.15, -0.1) is 0 Å². The van der Waals surface area contributed by atoms with Gasteiger partial charge >= 0.3 is 5.69 Å². The lowest BCUT2D eigenvalue weighted by Crippen LogP contribution is -2.33. The number of carbonyl (C=O) groups excluding carboxylic acids is 1. The van der Waals surface area contributed by atoms with Crippen LogP contribution in [0.1, 0.15) is 10.5 Å². The van der Waals surface area contributed by atoms with Gasteiger partial charge in [0.25, 0.3) is 5.91 Å². The van der Waals surface area contributed by atoms with E-state index in [0.717, 1.165) is 5.75 Å². The molecule has 3 heterocycles. The molecule has 1 atom stereocenters. The Balaban J connectivity index is 1.39. The van der Waals surface area contributed by atoms with Gasteiger partial charge < -0.3 is 24.8 Å². The van der Waals surface area contributed by atoms with Gasteiger partial charge in [0.1, 0.15) is 12.3 Å². The van der Waals surface area contributed by atoms with Crippen molar-refractivity contribution in [2.75, 3.05) is 11.9 Å². The third-order valence-corrected chi connectivity index (χ3v) is 3.69. The zero-order chi connectivity index (χ0) is 17.2. The van der Waals surface area contributed by atoms with Crippen molar-refractivity contribution < 1.29 is 14.3 Å². The van der Waals surface area contributed by atoms with E-state index in [1.165, 1.54) is 12.4 Å². The number of hydrogen-bond acceptors (Lipinski definition) is 5. The monoisotopic (exact) mass is 341 g/mol. The van der Waals surface area contributed by atoms with Gasteiger partial charge in [0, 0.05) is 12.4 Å². The number of ether oxygens (including phenoxy) is 2. The molecule has 0 saturated heterocycles. The van der Waals surface area contributed by atoms with Crippen molar-refractivity contribution >= 4 is 11.6 Å². The number of benzene rings is 1. The molecule has 9 nitrogen and oxygen atoms in total. The number of H-pyrrole nitrogens is 2. The van der Waals surface area contributed by atoms with Gasteiger partial charge in [-0.05, 0) is 12.1 Å². The summed E-state index contributed by atoms with van der Waals surface area (Å²) in [6.45, 7) is 0.897. The van der Waals surface area contributed by atoms with E-state index in [4.69, 9.17) is 9.47 Å². The summed E-state index contributed by atoms with van der Waals surface area (Å²) < 4.78 is 13.2. The summed E-state index contributed by atoms with van der Waals surface area (Å²) in [6, 6.07) is 7.49. The van der Waals surface area contributed by atoms with Crippen molar-refractivity contribution in [3.8, 4) is 11.5 Å². The van der Waals surface area contributed by atoms with Gasteiger partial charge in [-0.2, -0.15) is 5.10 Å². The minimum atomic E-state index is -0.435. The molecule has 0 fully saturated rings. The number of rotatable bonds is 4. The Hall–Kier alpha value is -3.49. The SMILES string of the molecule is O=C(Nc1cnn(CC2COc3ccccc3O2)c1)c1c[nH]c(=O)[nH]1. The lowest BCUT2D eigenvalue weighted by Gasteiger charge is -2.26. The van der Waals surface area contributed by atoms with Crippen LogP contribution in [0.2, 0.25) is 0 Å². The van der Waals surface area contributed by atoms with E-state index in [1.807, 2.05) is 24.3 Å². The molecule has 9 heteroatoms. The smallest absolute Gasteiger partial charge is 0.323 e. The second-order valence-corrected chi connectivity index (χ2v) is 5.56. The first-order valence-corrected chi connectivity index (χ1v) is 7.67. The van der Waals surface area contributed by atoms with Gasteiger partial charge in [-0.3, -0.25) is 9.48 Å². The number of aromatic nitrogens is 4. The highest BCUT2D eigenvalue weighted by Crippen LogP contribution is 2.31. The quantitative estimate of drug-likeness (QED) is 0.655. The van der Waals surface area contributed by atoms with Crippen LogP contribution in [0.4, 0.5) is 5.69 Å². The van der Waals surface area contributed by atoms with E-state index in [2.05, 4.69) is 20.4 Å². The first kappa shape index (κ1) is 15.1. The molecule has 25 heavy (non-hydrogen) atoms. The van der Waals surface area contributed by atoms with Crippen LogP contribution in [0.25, 0.3) is 0 Å². The molecule has 0 spiro atoms. The summed E-state index contributed by atoms with van der Waals surface area (Å²) in [5.41, 5.74) is 0.234. The van der Waals surface area contributed by atoms with Crippen LogP contribution < -0.4 is 20.5 Å². The number of amides is 1. The maximum atomic E-state index is 12.0. The lowest BCUT2D eigenvalue weighted by atomic mass is 10.2. The van der Waals surface area contributed by atoms with Crippen molar-refractivity contribution in [2.24, 2.45) is 0 Å². The number of nitrogens with one attached hydrogen (secondary N) is 3. The molecule has 3 N–H and O–H groups in total. The standard InChI is InChI=1S/C16H15N5O4/c22-15(12-6-17-16(23)20-12)19-10-5-18-21(7-10)8-11-9-24-13-3-1-2-4-14(13)25-11/h1-7,11H,8-9H2,(H,19,22)(H2,17,20,23). The number of anilines is 1. The first-order valence-electron chi connectivity index (χ1n) is 7.67. The highest BCUT2D eigenvalue weighted by molar-refractivity contribution is 6.02. The molecule has 1 unspecified atom stereocenters. The normalized spacial score (nSPS) is 15.8. The number of imidazole rings is 1. The van der Waals surface area contributed by atoms with Gasteiger partial charge in [0.15, 0.2) is 17.6 Å². The maximum absolute atomic E-state index is 12.0.